The summed E-state index contributed by atoms with van der Waals surface area (Å²) in [6, 6.07) is 8.01. The highest BCUT2D eigenvalue weighted by Crippen LogP contribution is 2.30. The molecule has 2 aromatic carbocycles. The van der Waals surface area contributed by atoms with Gasteiger partial charge >= 0.3 is 5.97 Å². The second-order valence-electron chi connectivity index (χ2n) is 6.80. The number of likely N-dealkylation sites (N-methyl/N-ethyl adjacent to an activating group) is 1. The van der Waals surface area contributed by atoms with Crippen LogP contribution in [-0.4, -0.2) is 60.7 Å². The predicted octanol–water partition coefficient (Wildman–Crippen LogP) is 1.99. The fraction of sp³-hybridized carbons (Fsp3) is 0.182. The van der Waals surface area contributed by atoms with Crippen molar-refractivity contribution in [2.24, 2.45) is 0 Å². The topological polar surface area (TPSA) is 173 Å². The number of aromatic nitrogens is 1. The maximum Gasteiger partial charge on any atom is 0.335 e. The fourth-order valence-corrected chi connectivity index (χ4v) is 3.16. The Morgan fingerprint density at radius 3 is 2.32 bits per heavy atom. The molecule has 7 N–H and O–H groups in total. The van der Waals surface area contributed by atoms with Crippen LogP contribution >= 0.6 is 0 Å². The van der Waals surface area contributed by atoms with Crippen LogP contribution < -0.4 is 26.8 Å². The van der Waals surface area contributed by atoms with Gasteiger partial charge in [0.15, 0.2) is 0 Å². The molecule has 0 aliphatic heterocycles. The van der Waals surface area contributed by atoms with E-state index in [-0.39, 0.29) is 23.3 Å². The Hall–Kier alpha value is -4.45. The Bertz CT molecular complexity index is 1240. The number of nitrogens with one attached hydrogen (secondary N) is 5. The van der Waals surface area contributed by atoms with Crippen molar-refractivity contribution in [2.75, 3.05) is 43.1 Å². The third-order valence-corrected chi connectivity index (χ3v) is 4.65. The quantitative estimate of drug-likeness (QED) is 0.191. The molecule has 0 saturated heterocycles. The molecule has 11 nitrogen and oxygen atoms in total. The second kappa shape index (κ2) is 12.0. The van der Waals surface area contributed by atoms with E-state index in [1.54, 1.807) is 14.1 Å². The number of aromatic amines is 1. The monoisotopic (exact) mass is 473 g/mol. The molecule has 0 atom stereocenters. The zero-order chi connectivity index (χ0) is 25.3. The van der Waals surface area contributed by atoms with Gasteiger partial charge in [0, 0.05) is 31.2 Å². The lowest BCUT2D eigenvalue weighted by Gasteiger charge is -2.16. The van der Waals surface area contributed by atoms with Crippen molar-refractivity contribution in [3.8, 4) is 0 Å². The van der Waals surface area contributed by atoms with Crippen LogP contribution in [0.15, 0.2) is 41.2 Å². The molecule has 180 valence electrons. The zero-order valence-corrected chi connectivity index (χ0v) is 18.4. The number of hydrogen-bond acceptors (Lipinski definition) is 7. The number of carbonyl (C=O) groups is 3. The molecule has 0 aliphatic carbocycles. The number of fused-ring (bicyclic) bond motifs is 1. The number of hydrogen-bond donors (Lipinski definition) is 7. The van der Waals surface area contributed by atoms with Crippen molar-refractivity contribution in [3.63, 3.8) is 0 Å². The number of pyridine rings is 1. The average Bonchev–Trinajstić information content (AvgIpc) is 2.79. The maximum absolute atomic E-state index is 14.2. The van der Waals surface area contributed by atoms with Crippen LogP contribution in [0.1, 0.15) is 20.7 Å². The van der Waals surface area contributed by atoms with E-state index >= 15 is 0 Å². The lowest BCUT2D eigenvalue weighted by Crippen LogP contribution is -2.27. The van der Waals surface area contributed by atoms with E-state index in [0.29, 0.717) is 35.4 Å². The number of aromatic carboxylic acids is 1. The van der Waals surface area contributed by atoms with Gasteiger partial charge < -0.3 is 36.5 Å². The summed E-state index contributed by atoms with van der Waals surface area (Å²) >= 11 is 0. The Morgan fingerprint density at radius 1 is 1.12 bits per heavy atom. The molecule has 0 radical (unpaired) electrons. The molecular formula is C22H24FN5O6. The van der Waals surface area contributed by atoms with Crippen LogP contribution in [0.3, 0.4) is 0 Å². The van der Waals surface area contributed by atoms with E-state index in [2.05, 4.69) is 26.3 Å². The number of halogens is 1. The first-order chi connectivity index (χ1) is 16.3. The molecule has 34 heavy (non-hydrogen) atoms. The Morgan fingerprint density at radius 2 is 1.76 bits per heavy atom. The molecular weight excluding hydrogens is 449 g/mol. The zero-order valence-electron chi connectivity index (χ0n) is 18.4. The standard InChI is InChI=1S/C21H22FN5O4.CH2O2/c1-23-7-8-25-18-14-9-12(22)10-15(24-2)17(14)27-20(29)16(18)19(28)26-13-5-3-11(4-6-13)21(30)31;2-1-3/h3-6,9-10,23-24H,7-8H2,1-2H3,(H,26,28)(H,30,31)(H2,25,27,29);1H,(H,2,3). The van der Waals surface area contributed by atoms with Gasteiger partial charge in [-0.2, -0.15) is 0 Å². The van der Waals surface area contributed by atoms with E-state index < -0.39 is 23.3 Å². The Kier molecular flexibility index (Phi) is 9.08. The van der Waals surface area contributed by atoms with Crippen LogP contribution in [0, 0.1) is 5.82 Å². The van der Waals surface area contributed by atoms with Crippen LogP contribution in [0.25, 0.3) is 10.9 Å². The number of amides is 1. The SMILES string of the molecule is CNCCNc1c(C(=O)Nc2ccc(C(=O)O)cc2)c(=O)[nH]c2c(NC)cc(F)cc12.O=CO. The highest BCUT2D eigenvalue weighted by atomic mass is 19.1. The van der Waals surface area contributed by atoms with Gasteiger partial charge in [0.05, 0.1) is 22.5 Å². The molecule has 1 amide bonds. The van der Waals surface area contributed by atoms with Crippen LogP contribution in [0.2, 0.25) is 0 Å². The first-order valence-electron chi connectivity index (χ1n) is 9.95. The molecule has 3 aromatic rings. The van der Waals surface area contributed by atoms with E-state index in [9.17, 15) is 18.8 Å². The van der Waals surface area contributed by atoms with Crippen LogP contribution in [0.4, 0.5) is 21.5 Å². The van der Waals surface area contributed by atoms with Gasteiger partial charge in [-0.05, 0) is 43.4 Å². The van der Waals surface area contributed by atoms with Gasteiger partial charge in [0.25, 0.3) is 17.9 Å². The number of benzene rings is 2. The van der Waals surface area contributed by atoms with E-state index in [0.717, 1.165) is 0 Å². The molecule has 0 bridgehead atoms. The van der Waals surface area contributed by atoms with E-state index in [1.165, 1.54) is 36.4 Å². The summed E-state index contributed by atoms with van der Waals surface area (Å²) < 4.78 is 14.2. The molecule has 0 spiro atoms. The molecule has 0 unspecified atom stereocenters. The van der Waals surface area contributed by atoms with Crippen molar-refractivity contribution in [1.29, 1.82) is 0 Å². The average molecular weight is 473 g/mol. The van der Waals surface area contributed by atoms with Crippen molar-refractivity contribution >= 4 is 46.3 Å². The molecule has 1 heterocycles. The van der Waals surface area contributed by atoms with Crippen LogP contribution in [-0.2, 0) is 4.79 Å². The minimum Gasteiger partial charge on any atom is -0.483 e. The summed E-state index contributed by atoms with van der Waals surface area (Å²) in [4.78, 5) is 47.8. The minimum absolute atomic E-state index is 0.0612. The lowest BCUT2D eigenvalue weighted by molar-refractivity contribution is -0.122. The number of anilines is 3. The number of H-pyrrole nitrogens is 1. The summed E-state index contributed by atoms with van der Waals surface area (Å²) in [5, 5.41) is 27.7. The molecule has 1 aromatic heterocycles. The molecule has 0 fully saturated rings. The third kappa shape index (κ3) is 6.07. The fourth-order valence-electron chi connectivity index (χ4n) is 3.16. The predicted molar refractivity (Wildman–Crippen MR) is 127 cm³/mol. The number of carbonyl (C=O) groups excluding carboxylic acids is 1. The van der Waals surface area contributed by atoms with Crippen molar-refractivity contribution in [3.05, 3.63) is 63.7 Å². The Labute approximate surface area is 193 Å². The summed E-state index contributed by atoms with van der Waals surface area (Å²) in [6.07, 6.45) is 0. The smallest absolute Gasteiger partial charge is 0.335 e. The number of carboxylic acid groups (broad SMARTS) is 2. The van der Waals surface area contributed by atoms with Crippen LogP contribution in [0.5, 0.6) is 0 Å². The van der Waals surface area contributed by atoms with E-state index in [1.807, 2.05) is 0 Å². The first kappa shape index (κ1) is 25.8. The maximum atomic E-state index is 14.2. The summed E-state index contributed by atoms with van der Waals surface area (Å²) in [5.41, 5.74) is 0.450. The lowest BCUT2D eigenvalue weighted by atomic mass is 10.1. The van der Waals surface area contributed by atoms with Gasteiger partial charge in [-0.3, -0.25) is 14.4 Å². The normalized spacial score (nSPS) is 10.1. The van der Waals surface area contributed by atoms with Crippen molar-refractivity contribution < 1.29 is 29.0 Å². The van der Waals surface area contributed by atoms with E-state index in [4.69, 9.17) is 15.0 Å². The van der Waals surface area contributed by atoms with Gasteiger partial charge in [-0.25, -0.2) is 9.18 Å². The molecule has 0 saturated carbocycles. The number of rotatable bonds is 8. The first-order valence-corrected chi connectivity index (χ1v) is 9.95. The largest absolute Gasteiger partial charge is 0.483 e. The van der Waals surface area contributed by atoms with Crippen molar-refractivity contribution in [1.82, 2.24) is 10.3 Å². The van der Waals surface area contributed by atoms with Gasteiger partial charge in [-0.15, -0.1) is 0 Å². The molecule has 0 aliphatic rings. The van der Waals surface area contributed by atoms with Crippen molar-refractivity contribution in [2.45, 2.75) is 0 Å². The minimum atomic E-state index is -1.10. The summed E-state index contributed by atoms with van der Waals surface area (Å²) in [6.45, 7) is 0.675. The number of carboxylic acids is 1. The Balaban J connectivity index is 0.00000129. The molecule has 3 rings (SSSR count). The summed E-state index contributed by atoms with van der Waals surface area (Å²) in [7, 11) is 3.35. The van der Waals surface area contributed by atoms with Gasteiger partial charge in [0.2, 0.25) is 0 Å². The molecule has 12 heteroatoms. The highest BCUT2D eigenvalue weighted by molar-refractivity contribution is 6.13. The highest BCUT2D eigenvalue weighted by Gasteiger charge is 2.21. The third-order valence-electron chi connectivity index (χ3n) is 4.65. The van der Waals surface area contributed by atoms with Gasteiger partial charge in [-0.1, -0.05) is 0 Å². The second-order valence-corrected chi connectivity index (χ2v) is 6.80. The van der Waals surface area contributed by atoms with Gasteiger partial charge in [0.1, 0.15) is 11.4 Å². The summed E-state index contributed by atoms with van der Waals surface area (Å²) in [5.74, 6) is -2.34.